The van der Waals surface area contributed by atoms with Crippen LogP contribution in [-0.2, 0) is 4.79 Å². The summed E-state index contributed by atoms with van der Waals surface area (Å²) in [5, 5.41) is 28.4. The first-order valence-electron chi connectivity index (χ1n) is 11.8. The molecule has 0 aromatic carbocycles. The predicted octanol–water partition coefficient (Wildman–Crippen LogP) is 6.39. The number of hydrogen-bond acceptors (Lipinski definition) is 3. The number of aliphatic hydroxyl groups is 2. The largest absolute Gasteiger partial charge is 0.481 e. The molecule has 0 bridgehead atoms. The highest BCUT2D eigenvalue weighted by Gasteiger charge is 2.04. The van der Waals surface area contributed by atoms with Crippen molar-refractivity contribution in [2.75, 3.05) is 0 Å². The SMILES string of the molecule is CCCCCC[C@@H](O)C/C=C\CCCCCCC[C@@H](O)CCCCCC(=O)O. The van der Waals surface area contributed by atoms with Gasteiger partial charge >= 0.3 is 5.97 Å². The number of rotatable bonds is 21. The minimum Gasteiger partial charge on any atom is -0.481 e. The number of hydrogen-bond donors (Lipinski definition) is 3. The molecule has 0 saturated carbocycles. The van der Waals surface area contributed by atoms with Gasteiger partial charge in [-0.1, -0.05) is 83.3 Å². The number of unbranched alkanes of at least 4 members (excludes halogenated alkanes) is 10. The average Bonchev–Trinajstić information content (AvgIpc) is 2.66. The molecule has 0 aliphatic rings. The van der Waals surface area contributed by atoms with Crippen LogP contribution in [0.3, 0.4) is 0 Å². The van der Waals surface area contributed by atoms with E-state index in [0.717, 1.165) is 57.8 Å². The minimum absolute atomic E-state index is 0.170. The molecule has 28 heavy (non-hydrogen) atoms. The van der Waals surface area contributed by atoms with Crippen LogP contribution in [0, 0.1) is 0 Å². The zero-order valence-electron chi connectivity index (χ0n) is 18.3. The Morgan fingerprint density at radius 1 is 0.714 bits per heavy atom. The van der Waals surface area contributed by atoms with Gasteiger partial charge in [0.25, 0.3) is 0 Å². The van der Waals surface area contributed by atoms with Crippen LogP contribution in [0.4, 0.5) is 0 Å². The number of allylic oxidation sites excluding steroid dienone is 1. The van der Waals surface area contributed by atoms with Gasteiger partial charge in [0.05, 0.1) is 12.2 Å². The summed E-state index contributed by atoms with van der Waals surface area (Å²) < 4.78 is 0. The van der Waals surface area contributed by atoms with Crippen molar-refractivity contribution in [2.45, 2.75) is 135 Å². The van der Waals surface area contributed by atoms with Crippen LogP contribution in [0.1, 0.15) is 122 Å². The number of aliphatic hydroxyl groups excluding tert-OH is 2. The quantitative estimate of drug-likeness (QED) is 0.155. The summed E-state index contributed by atoms with van der Waals surface area (Å²) in [5.41, 5.74) is 0. The Morgan fingerprint density at radius 3 is 1.89 bits per heavy atom. The van der Waals surface area contributed by atoms with Gasteiger partial charge in [0, 0.05) is 6.42 Å². The molecule has 0 aromatic rings. The summed E-state index contributed by atoms with van der Waals surface area (Å²) in [4.78, 5) is 10.4. The monoisotopic (exact) mass is 398 g/mol. The van der Waals surface area contributed by atoms with E-state index >= 15 is 0 Å². The van der Waals surface area contributed by atoms with E-state index in [1.807, 2.05) is 0 Å². The van der Waals surface area contributed by atoms with Crippen LogP contribution >= 0.6 is 0 Å². The van der Waals surface area contributed by atoms with Gasteiger partial charge in [-0.25, -0.2) is 0 Å². The Morgan fingerprint density at radius 2 is 1.25 bits per heavy atom. The highest BCUT2D eigenvalue weighted by atomic mass is 16.4. The van der Waals surface area contributed by atoms with Crippen LogP contribution in [0.5, 0.6) is 0 Å². The van der Waals surface area contributed by atoms with Crippen molar-refractivity contribution < 1.29 is 20.1 Å². The summed E-state index contributed by atoms with van der Waals surface area (Å²) >= 11 is 0. The lowest BCUT2D eigenvalue weighted by atomic mass is 10.0. The molecular weight excluding hydrogens is 352 g/mol. The number of carbonyl (C=O) groups is 1. The van der Waals surface area contributed by atoms with Crippen LogP contribution in [0.25, 0.3) is 0 Å². The third kappa shape index (κ3) is 21.4. The van der Waals surface area contributed by atoms with Crippen molar-refractivity contribution in [1.29, 1.82) is 0 Å². The van der Waals surface area contributed by atoms with E-state index in [4.69, 9.17) is 5.11 Å². The molecule has 4 nitrogen and oxygen atoms in total. The van der Waals surface area contributed by atoms with Crippen LogP contribution in [0.2, 0.25) is 0 Å². The summed E-state index contributed by atoms with van der Waals surface area (Å²) in [6, 6.07) is 0. The van der Waals surface area contributed by atoms with Crippen molar-refractivity contribution in [1.82, 2.24) is 0 Å². The highest BCUT2D eigenvalue weighted by Crippen LogP contribution is 2.14. The molecule has 0 rings (SSSR count). The molecule has 0 unspecified atom stereocenters. The maximum atomic E-state index is 10.4. The Bertz CT molecular complexity index is 368. The standard InChI is InChI=1S/C24H46O4/c1-2-3-4-12-17-22(25)18-13-9-7-5-6-8-10-14-19-23(26)20-15-11-16-21-24(27)28/h9,13,22-23,25-26H,2-8,10-12,14-21H2,1H3,(H,27,28)/b13-9-/t22-,23-/m1/s1. The Balaban J connectivity index is 3.32. The van der Waals surface area contributed by atoms with Crippen molar-refractivity contribution in [3.8, 4) is 0 Å². The van der Waals surface area contributed by atoms with Gasteiger partial charge in [-0.3, -0.25) is 4.79 Å². The zero-order valence-corrected chi connectivity index (χ0v) is 18.3. The fourth-order valence-corrected chi connectivity index (χ4v) is 3.45. The Hall–Kier alpha value is -0.870. The van der Waals surface area contributed by atoms with E-state index in [0.29, 0.717) is 6.42 Å². The molecule has 0 aromatic heterocycles. The van der Waals surface area contributed by atoms with Gasteiger partial charge in [-0.15, -0.1) is 0 Å². The highest BCUT2D eigenvalue weighted by molar-refractivity contribution is 5.66. The van der Waals surface area contributed by atoms with Crippen molar-refractivity contribution in [3.63, 3.8) is 0 Å². The number of carboxylic acid groups (broad SMARTS) is 1. The smallest absolute Gasteiger partial charge is 0.303 e. The van der Waals surface area contributed by atoms with Gasteiger partial charge in [0.2, 0.25) is 0 Å². The van der Waals surface area contributed by atoms with Crippen molar-refractivity contribution in [2.24, 2.45) is 0 Å². The number of carboxylic acids is 1. The third-order valence-electron chi connectivity index (χ3n) is 5.30. The molecular formula is C24H46O4. The third-order valence-corrected chi connectivity index (χ3v) is 5.30. The molecule has 0 spiro atoms. The van der Waals surface area contributed by atoms with E-state index in [9.17, 15) is 15.0 Å². The van der Waals surface area contributed by atoms with Gasteiger partial charge in [-0.05, 0) is 44.9 Å². The molecule has 4 heteroatoms. The minimum atomic E-state index is -0.730. The molecule has 0 aliphatic heterocycles. The molecule has 0 saturated heterocycles. The molecule has 0 fully saturated rings. The van der Waals surface area contributed by atoms with E-state index in [1.165, 1.54) is 44.9 Å². The first-order chi connectivity index (χ1) is 13.6. The van der Waals surface area contributed by atoms with Gasteiger partial charge in [0.1, 0.15) is 0 Å². The summed E-state index contributed by atoms with van der Waals surface area (Å²) in [7, 11) is 0. The lowest BCUT2D eigenvalue weighted by Crippen LogP contribution is -2.06. The van der Waals surface area contributed by atoms with Crippen molar-refractivity contribution in [3.05, 3.63) is 12.2 Å². The maximum Gasteiger partial charge on any atom is 0.303 e. The van der Waals surface area contributed by atoms with Crippen molar-refractivity contribution >= 4 is 5.97 Å². The Kier molecular flexibility index (Phi) is 20.2. The van der Waals surface area contributed by atoms with E-state index in [-0.39, 0.29) is 18.6 Å². The first-order valence-corrected chi connectivity index (χ1v) is 11.8. The fraction of sp³-hybridized carbons (Fsp3) is 0.875. The van der Waals surface area contributed by atoms with Gasteiger partial charge in [0.15, 0.2) is 0 Å². The first kappa shape index (κ1) is 27.1. The second-order valence-electron chi connectivity index (χ2n) is 8.20. The second-order valence-corrected chi connectivity index (χ2v) is 8.20. The van der Waals surface area contributed by atoms with Crippen LogP contribution in [0.15, 0.2) is 12.2 Å². The topological polar surface area (TPSA) is 77.8 Å². The van der Waals surface area contributed by atoms with Crippen LogP contribution < -0.4 is 0 Å². The molecule has 3 N–H and O–H groups in total. The van der Waals surface area contributed by atoms with E-state index in [2.05, 4.69) is 19.1 Å². The second kappa shape index (κ2) is 20.9. The van der Waals surface area contributed by atoms with E-state index < -0.39 is 5.97 Å². The van der Waals surface area contributed by atoms with Gasteiger partial charge in [-0.2, -0.15) is 0 Å². The van der Waals surface area contributed by atoms with E-state index in [1.54, 1.807) is 0 Å². The predicted molar refractivity (Wildman–Crippen MR) is 118 cm³/mol. The normalized spacial score (nSPS) is 13.8. The molecule has 0 amide bonds. The lowest BCUT2D eigenvalue weighted by Gasteiger charge is -2.10. The summed E-state index contributed by atoms with van der Waals surface area (Å²) in [6.07, 6.45) is 22.0. The molecule has 0 radical (unpaired) electrons. The summed E-state index contributed by atoms with van der Waals surface area (Å²) in [5.74, 6) is -0.730. The van der Waals surface area contributed by atoms with Crippen LogP contribution in [-0.4, -0.2) is 33.5 Å². The summed E-state index contributed by atoms with van der Waals surface area (Å²) in [6.45, 7) is 2.21. The number of aliphatic carboxylic acids is 1. The lowest BCUT2D eigenvalue weighted by molar-refractivity contribution is -0.137. The Labute approximate surface area is 173 Å². The fourth-order valence-electron chi connectivity index (χ4n) is 3.45. The molecule has 2 atom stereocenters. The molecule has 166 valence electrons. The zero-order chi connectivity index (χ0) is 20.9. The molecule has 0 heterocycles. The average molecular weight is 399 g/mol. The van der Waals surface area contributed by atoms with Gasteiger partial charge < -0.3 is 15.3 Å². The maximum absolute atomic E-state index is 10.4. The molecule has 0 aliphatic carbocycles.